The minimum absolute atomic E-state index is 0.0269. The van der Waals surface area contributed by atoms with Gasteiger partial charge in [0.1, 0.15) is 11.9 Å². The fourth-order valence-corrected chi connectivity index (χ4v) is 9.72. The number of Topliss-reactive ketones (excluding diaryl/α,β-unsaturated/α-hetero) is 1. The van der Waals surface area contributed by atoms with Gasteiger partial charge in [-0.2, -0.15) is 4.98 Å². The van der Waals surface area contributed by atoms with Gasteiger partial charge in [-0.15, -0.1) is 0 Å². The molecule has 0 unspecified atom stereocenters. The van der Waals surface area contributed by atoms with Crippen LogP contribution in [0.15, 0.2) is 54.6 Å². The molecule has 3 heterocycles. The lowest BCUT2D eigenvalue weighted by Gasteiger charge is -2.29. The van der Waals surface area contributed by atoms with Crippen LogP contribution in [-0.2, 0) is 30.8 Å². The molecule has 0 spiro atoms. The first kappa shape index (κ1) is 37.3. The number of nitrogens with zero attached hydrogens (tertiary/aromatic N) is 3. The molecule has 2 amide bonds. The van der Waals surface area contributed by atoms with Gasteiger partial charge in [-0.25, -0.2) is 12.8 Å². The summed E-state index contributed by atoms with van der Waals surface area (Å²) in [5.41, 5.74) is 1.97. The first-order valence-corrected chi connectivity index (χ1v) is 20.6. The average Bonchev–Trinajstić information content (AvgIpc) is 3.91. The number of carbonyl (C=O) groups excluding carboxylic acids is 3. The first-order valence-electron chi connectivity index (χ1n) is 19.2. The standard InChI is InChI=1S/C41H51FN4O6S/c1-26(2)46-34-15-11-10-14-33(34)43-39(46)52-32-22-35-36(47)24-41(38(49)44-53(50,51)40(4)16-17-40)23-30(41)13-9-7-5-6-8-12-29(37(48)45(35)25-32)20-28-18-27(3)19-31(42)21-28/h9-11,13-15,18-19,21,26,29-30,32,35H,5-8,12,16-17,20,22-25H2,1-4H3,(H,44,49)/b13-9-/t29-,30-,32-,35+,41-/m1/s1. The SMILES string of the molecule is Cc1cc(F)cc(C[C@H]2CCCCC/C=C\[C@@H]3C[C@@]3(C(=O)NS(=O)(=O)C3(C)CC3)CC(=O)[C@@H]3C[C@@H](Oc4nc5ccccc5n4C(C)C)CN3C2=O)c1. The van der Waals surface area contributed by atoms with Crippen molar-refractivity contribution in [1.29, 1.82) is 0 Å². The molecule has 5 atom stereocenters. The Balaban J connectivity index is 1.22. The predicted molar refractivity (Wildman–Crippen MR) is 200 cm³/mol. The maximum Gasteiger partial charge on any atom is 0.297 e. The van der Waals surface area contributed by atoms with E-state index in [1.54, 1.807) is 11.8 Å². The van der Waals surface area contributed by atoms with Gasteiger partial charge < -0.3 is 9.64 Å². The number of carbonyl (C=O) groups is 3. The van der Waals surface area contributed by atoms with Gasteiger partial charge in [0.25, 0.3) is 6.01 Å². The van der Waals surface area contributed by atoms with Crippen molar-refractivity contribution in [3.63, 3.8) is 0 Å². The fraction of sp³-hybridized carbons (Fsp3) is 0.561. The maximum atomic E-state index is 14.7. The topological polar surface area (TPSA) is 128 Å². The lowest BCUT2D eigenvalue weighted by atomic mass is 9.89. The zero-order valence-electron chi connectivity index (χ0n) is 31.1. The third-order valence-corrected chi connectivity index (χ3v) is 14.1. The zero-order chi connectivity index (χ0) is 37.7. The Morgan fingerprint density at radius 2 is 1.89 bits per heavy atom. The second-order valence-corrected chi connectivity index (χ2v) is 18.6. The van der Waals surface area contributed by atoms with Gasteiger partial charge in [-0.1, -0.05) is 43.2 Å². The molecule has 53 heavy (non-hydrogen) atoms. The van der Waals surface area contributed by atoms with Gasteiger partial charge in [-0.05, 0) is 114 Å². The van der Waals surface area contributed by atoms with E-state index in [1.165, 1.54) is 12.1 Å². The highest BCUT2D eigenvalue weighted by atomic mass is 32.2. The van der Waals surface area contributed by atoms with Crippen LogP contribution in [-0.4, -0.2) is 63.9 Å². The summed E-state index contributed by atoms with van der Waals surface area (Å²) in [4.78, 5) is 49.7. The van der Waals surface area contributed by atoms with Crippen molar-refractivity contribution < 1.29 is 31.9 Å². The predicted octanol–water partition coefficient (Wildman–Crippen LogP) is 6.76. The van der Waals surface area contributed by atoms with E-state index in [1.807, 2.05) is 67.8 Å². The summed E-state index contributed by atoms with van der Waals surface area (Å²) in [6.45, 7) is 7.68. The second kappa shape index (κ2) is 14.3. The van der Waals surface area contributed by atoms with Gasteiger partial charge in [0.05, 0.1) is 33.8 Å². The zero-order valence-corrected chi connectivity index (χ0v) is 32.0. The summed E-state index contributed by atoms with van der Waals surface area (Å²) in [7, 11) is -3.92. The van der Waals surface area contributed by atoms with Gasteiger partial charge in [0, 0.05) is 24.8 Å². The van der Waals surface area contributed by atoms with E-state index >= 15 is 0 Å². The number of benzene rings is 2. The fourth-order valence-electron chi connectivity index (χ4n) is 8.39. The van der Waals surface area contributed by atoms with Crippen LogP contribution in [0.5, 0.6) is 6.01 Å². The monoisotopic (exact) mass is 746 g/mol. The van der Waals surface area contributed by atoms with Crippen molar-refractivity contribution in [2.24, 2.45) is 17.3 Å². The number of hydrogen-bond acceptors (Lipinski definition) is 7. The number of halogens is 1. The first-order chi connectivity index (χ1) is 25.2. The summed E-state index contributed by atoms with van der Waals surface area (Å²) in [5.74, 6) is -2.28. The average molecular weight is 747 g/mol. The Morgan fingerprint density at radius 3 is 2.62 bits per heavy atom. The number of ether oxygens (including phenoxy) is 1. The molecule has 3 aromatic rings. The number of fused-ring (bicyclic) bond motifs is 3. The molecule has 1 aromatic heterocycles. The maximum absolute atomic E-state index is 14.7. The number of ketones is 1. The molecule has 2 aromatic carbocycles. The Morgan fingerprint density at radius 1 is 1.11 bits per heavy atom. The van der Waals surface area contributed by atoms with E-state index in [0.29, 0.717) is 38.1 Å². The van der Waals surface area contributed by atoms with Crippen LogP contribution < -0.4 is 9.46 Å². The van der Waals surface area contributed by atoms with Crippen LogP contribution in [0, 0.1) is 30.0 Å². The number of hydrogen-bond donors (Lipinski definition) is 1. The summed E-state index contributed by atoms with van der Waals surface area (Å²) >= 11 is 0. The molecule has 4 aliphatic rings. The molecule has 1 N–H and O–H groups in total. The molecular weight excluding hydrogens is 696 g/mol. The quantitative estimate of drug-likeness (QED) is 0.253. The molecule has 2 saturated carbocycles. The Hall–Kier alpha value is -4.06. The van der Waals surface area contributed by atoms with E-state index in [2.05, 4.69) is 4.72 Å². The molecule has 7 rings (SSSR count). The van der Waals surface area contributed by atoms with Gasteiger partial charge >= 0.3 is 0 Å². The smallest absolute Gasteiger partial charge is 0.297 e. The van der Waals surface area contributed by atoms with Crippen molar-refractivity contribution in [2.45, 2.75) is 121 Å². The third-order valence-electron chi connectivity index (χ3n) is 11.9. The summed E-state index contributed by atoms with van der Waals surface area (Å²) in [5, 5.41) is 0. The van der Waals surface area contributed by atoms with Crippen molar-refractivity contribution in [1.82, 2.24) is 19.2 Å². The number of aryl methyl sites for hydroxylation is 1. The molecule has 284 valence electrons. The minimum Gasteiger partial charge on any atom is -0.459 e. The van der Waals surface area contributed by atoms with Crippen LogP contribution in [0.2, 0.25) is 0 Å². The summed E-state index contributed by atoms with van der Waals surface area (Å²) in [6, 6.07) is 12.1. The Kier molecular flexibility index (Phi) is 10.1. The second-order valence-electron chi connectivity index (χ2n) is 16.4. The van der Waals surface area contributed by atoms with Crippen LogP contribution in [0.3, 0.4) is 0 Å². The highest BCUT2D eigenvalue weighted by Crippen LogP contribution is 2.57. The molecule has 0 bridgehead atoms. The molecule has 0 radical (unpaired) electrons. The molecule has 12 heteroatoms. The van der Waals surface area contributed by atoms with E-state index in [4.69, 9.17) is 9.72 Å². The summed E-state index contributed by atoms with van der Waals surface area (Å²) < 4.78 is 50.9. The van der Waals surface area contributed by atoms with Crippen molar-refractivity contribution in [3.8, 4) is 6.01 Å². The number of imidazole rings is 1. The lowest BCUT2D eigenvalue weighted by Crippen LogP contribution is -2.47. The van der Waals surface area contributed by atoms with Crippen molar-refractivity contribution in [3.05, 3.63) is 71.6 Å². The lowest BCUT2D eigenvalue weighted by molar-refractivity contribution is -0.142. The molecule has 1 saturated heterocycles. The number of rotatable bonds is 8. The molecule has 2 aliphatic heterocycles. The Labute approximate surface area is 311 Å². The van der Waals surface area contributed by atoms with E-state index < -0.39 is 44.2 Å². The number of nitrogens with one attached hydrogen (secondary N) is 1. The van der Waals surface area contributed by atoms with E-state index in [9.17, 15) is 27.2 Å². The van der Waals surface area contributed by atoms with Crippen LogP contribution in [0.25, 0.3) is 11.0 Å². The van der Waals surface area contributed by atoms with Crippen LogP contribution in [0.4, 0.5) is 4.39 Å². The summed E-state index contributed by atoms with van der Waals surface area (Å²) in [6.07, 6.45) is 8.98. The van der Waals surface area contributed by atoms with Crippen molar-refractivity contribution in [2.75, 3.05) is 6.54 Å². The number of aromatic nitrogens is 2. The Bertz CT molecular complexity index is 2030. The molecular formula is C41H51FN4O6S. The number of para-hydroxylation sites is 2. The van der Waals surface area contributed by atoms with Gasteiger partial charge in [-0.3, -0.25) is 23.7 Å². The molecule has 3 fully saturated rings. The van der Waals surface area contributed by atoms with Gasteiger partial charge in [0.2, 0.25) is 21.8 Å². The highest BCUT2D eigenvalue weighted by molar-refractivity contribution is 7.91. The highest BCUT2D eigenvalue weighted by Gasteiger charge is 2.62. The van der Waals surface area contributed by atoms with Gasteiger partial charge in [0.15, 0.2) is 5.78 Å². The normalized spacial score (nSPS) is 28.2. The number of amides is 2. The molecule has 2 aliphatic carbocycles. The van der Waals surface area contributed by atoms with Crippen molar-refractivity contribution >= 4 is 38.7 Å². The largest absolute Gasteiger partial charge is 0.459 e. The van der Waals surface area contributed by atoms with Crippen LogP contribution in [0.1, 0.15) is 102 Å². The van der Waals surface area contributed by atoms with E-state index in [-0.39, 0.29) is 48.9 Å². The van der Waals surface area contributed by atoms with Crippen LogP contribution >= 0.6 is 0 Å². The number of allylic oxidation sites excluding steroid dienone is 2. The minimum atomic E-state index is -3.92. The molecule has 10 nitrogen and oxygen atoms in total. The van der Waals surface area contributed by atoms with E-state index in [0.717, 1.165) is 47.8 Å². The number of sulfonamides is 1. The third kappa shape index (κ3) is 7.53.